The highest BCUT2D eigenvalue weighted by Crippen LogP contribution is 2.24. The van der Waals surface area contributed by atoms with Gasteiger partial charge in [0.15, 0.2) is 15.9 Å². The lowest BCUT2D eigenvalue weighted by molar-refractivity contribution is -0.140. The summed E-state index contributed by atoms with van der Waals surface area (Å²) in [6.07, 6.45) is -0.678. The fourth-order valence-corrected chi connectivity index (χ4v) is 4.89. The first-order chi connectivity index (χ1) is 12.2. The zero-order chi connectivity index (χ0) is 19.1. The summed E-state index contributed by atoms with van der Waals surface area (Å²) in [5.74, 6) is -1.27. The molecule has 2 aromatic rings. The number of sulfone groups is 1. The van der Waals surface area contributed by atoms with Crippen LogP contribution in [0.3, 0.4) is 0 Å². The summed E-state index contributed by atoms with van der Waals surface area (Å²) in [6.45, 7) is 1.44. The van der Waals surface area contributed by atoms with E-state index in [0.717, 1.165) is 0 Å². The molecular formula is C17H18ClNO6S. The van der Waals surface area contributed by atoms with Crippen LogP contribution in [0.2, 0.25) is 5.02 Å². The second-order valence-electron chi connectivity index (χ2n) is 6.35. The van der Waals surface area contributed by atoms with Gasteiger partial charge >= 0.3 is 5.97 Å². The molecule has 1 aliphatic heterocycles. The van der Waals surface area contributed by atoms with Crippen molar-refractivity contribution >= 4 is 44.3 Å². The number of esters is 1. The maximum absolute atomic E-state index is 12.4. The summed E-state index contributed by atoms with van der Waals surface area (Å²) in [5, 5.41) is 1.16. The lowest BCUT2D eigenvalue weighted by Crippen LogP contribution is -2.44. The minimum absolute atomic E-state index is 0.0342. The molecule has 0 bridgehead atoms. The predicted octanol–water partition coefficient (Wildman–Crippen LogP) is 2.28. The predicted molar refractivity (Wildman–Crippen MR) is 95.9 cm³/mol. The number of hydrogen-bond donors (Lipinski definition) is 0. The molecule has 1 aromatic carbocycles. The minimum Gasteiger partial charge on any atom is -0.449 e. The Bertz CT molecular complexity index is 967. The van der Waals surface area contributed by atoms with Gasteiger partial charge in [-0.05, 0) is 37.6 Å². The molecule has 1 saturated heterocycles. The first kappa shape index (κ1) is 18.7. The lowest BCUT2D eigenvalue weighted by Gasteiger charge is -2.26. The van der Waals surface area contributed by atoms with Crippen LogP contribution in [0.25, 0.3) is 11.0 Å². The second kappa shape index (κ2) is 6.92. The van der Waals surface area contributed by atoms with E-state index in [2.05, 4.69) is 0 Å². The van der Waals surface area contributed by atoms with Gasteiger partial charge in [0.1, 0.15) is 5.58 Å². The Labute approximate surface area is 155 Å². The van der Waals surface area contributed by atoms with Gasteiger partial charge in [0, 0.05) is 23.5 Å². The van der Waals surface area contributed by atoms with Crippen LogP contribution < -0.4 is 0 Å². The number of amides is 1. The molecule has 0 radical (unpaired) electrons. The molecule has 7 nitrogen and oxygen atoms in total. The second-order valence-corrected chi connectivity index (χ2v) is 9.01. The van der Waals surface area contributed by atoms with Crippen LogP contribution in [-0.2, 0) is 19.4 Å². The number of furan rings is 1. The summed E-state index contributed by atoms with van der Waals surface area (Å²) in [4.78, 5) is 26.0. The summed E-state index contributed by atoms with van der Waals surface area (Å²) in [6, 6.07) is 6.02. The van der Waals surface area contributed by atoms with Crippen LogP contribution >= 0.6 is 11.6 Å². The van der Waals surface area contributed by atoms with E-state index in [0.29, 0.717) is 22.4 Å². The van der Waals surface area contributed by atoms with Crippen molar-refractivity contribution in [2.75, 3.05) is 18.6 Å². The Balaban J connectivity index is 1.66. The maximum atomic E-state index is 12.4. The van der Waals surface area contributed by atoms with Gasteiger partial charge in [0.2, 0.25) is 5.76 Å². The van der Waals surface area contributed by atoms with Crippen molar-refractivity contribution in [2.24, 2.45) is 0 Å². The Morgan fingerprint density at radius 2 is 2.08 bits per heavy atom. The lowest BCUT2D eigenvalue weighted by atomic mass is 10.2. The fourth-order valence-electron chi connectivity index (χ4n) is 2.93. The van der Waals surface area contributed by atoms with Gasteiger partial charge in [-0.2, -0.15) is 0 Å². The number of fused-ring (bicyclic) bond motifs is 1. The highest BCUT2D eigenvalue weighted by molar-refractivity contribution is 7.91. The molecule has 1 aromatic heterocycles. The Morgan fingerprint density at radius 1 is 1.35 bits per heavy atom. The smallest absolute Gasteiger partial charge is 0.375 e. The van der Waals surface area contributed by atoms with Gasteiger partial charge in [0.05, 0.1) is 11.5 Å². The third-order valence-corrected chi connectivity index (χ3v) is 6.40. The molecule has 0 spiro atoms. The number of nitrogens with zero attached hydrogens (tertiary/aromatic N) is 1. The summed E-state index contributed by atoms with van der Waals surface area (Å²) in [5.41, 5.74) is 0.480. The molecule has 2 heterocycles. The van der Waals surface area contributed by atoms with E-state index in [1.54, 1.807) is 18.2 Å². The molecule has 0 saturated carbocycles. The first-order valence-corrected chi connectivity index (χ1v) is 10.2. The van der Waals surface area contributed by atoms with Crippen molar-refractivity contribution in [3.05, 3.63) is 35.0 Å². The standard InChI is InChI=1S/C17H18ClNO6S/c1-10(16(20)19(2)13-5-6-26(22,23)9-13)24-17(21)15-8-11-7-12(18)3-4-14(11)25-15/h3-4,7-8,10,13H,5-6,9H2,1-2H3/t10-,13-/m0/s1. The topological polar surface area (TPSA) is 93.9 Å². The van der Waals surface area contributed by atoms with E-state index in [1.165, 1.54) is 24.9 Å². The normalized spacial score (nSPS) is 20.0. The van der Waals surface area contributed by atoms with Crippen LogP contribution in [0.5, 0.6) is 0 Å². The van der Waals surface area contributed by atoms with Crippen LogP contribution in [0.4, 0.5) is 0 Å². The van der Waals surface area contributed by atoms with E-state index in [1.807, 2.05) is 0 Å². The van der Waals surface area contributed by atoms with E-state index in [4.69, 9.17) is 20.8 Å². The molecule has 26 heavy (non-hydrogen) atoms. The zero-order valence-corrected chi connectivity index (χ0v) is 15.8. The zero-order valence-electron chi connectivity index (χ0n) is 14.3. The highest BCUT2D eigenvalue weighted by atomic mass is 35.5. The quantitative estimate of drug-likeness (QED) is 0.732. The maximum Gasteiger partial charge on any atom is 0.375 e. The molecule has 0 aliphatic carbocycles. The highest BCUT2D eigenvalue weighted by Gasteiger charge is 2.35. The Kier molecular flexibility index (Phi) is 4.98. The van der Waals surface area contributed by atoms with E-state index in [9.17, 15) is 18.0 Å². The van der Waals surface area contributed by atoms with Gasteiger partial charge < -0.3 is 14.1 Å². The number of ether oxygens (including phenoxy) is 1. The number of hydrogen-bond acceptors (Lipinski definition) is 6. The molecule has 2 atom stereocenters. The molecule has 3 rings (SSSR count). The van der Waals surface area contributed by atoms with E-state index in [-0.39, 0.29) is 17.3 Å². The minimum atomic E-state index is -3.11. The molecule has 1 amide bonds. The van der Waals surface area contributed by atoms with Gasteiger partial charge in [0.25, 0.3) is 5.91 Å². The van der Waals surface area contributed by atoms with E-state index < -0.39 is 33.9 Å². The first-order valence-electron chi connectivity index (χ1n) is 8.03. The molecule has 0 N–H and O–H groups in total. The largest absolute Gasteiger partial charge is 0.449 e. The van der Waals surface area contributed by atoms with Crippen molar-refractivity contribution in [3.8, 4) is 0 Å². The monoisotopic (exact) mass is 399 g/mol. The average molecular weight is 400 g/mol. The summed E-state index contributed by atoms with van der Waals surface area (Å²) in [7, 11) is -1.60. The van der Waals surface area contributed by atoms with Crippen molar-refractivity contribution in [3.63, 3.8) is 0 Å². The van der Waals surface area contributed by atoms with Gasteiger partial charge in [-0.25, -0.2) is 13.2 Å². The number of rotatable bonds is 4. The molecular weight excluding hydrogens is 382 g/mol. The SMILES string of the molecule is C[C@H](OC(=O)c1cc2cc(Cl)ccc2o1)C(=O)N(C)[C@H]1CCS(=O)(=O)C1. The molecule has 1 aliphatic rings. The Hall–Kier alpha value is -2.06. The van der Waals surface area contributed by atoms with Gasteiger partial charge in [-0.3, -0.25) is 4.79 Å². The average Bonchev–Trinajstić information content (AvgIpc) is 3.15. The molecule has 140 valence electrons. The van der Waals surface area contributed by atoms with Crippen LogP contribution in [0.15, 0.2) is 28.7 Å². The third-order valence-electron chi connectivity index (χ3n) is 4.41. The van der Waals surface area contributed by atoms with Crippen molar-refractivity contribution in [1.82, 2.24) is 4.90 Å². The third kappa shape index (κ3) is 3.86. The number of halogens is 1. The van der Waals surface area contributed by atoms with Gasteiger partial charge in [-0.15, -0.1) is 0 Å². The van der Waals surface area contributed by atoms with Crippen LogP contribution in [0.1, 0.15) is 23.9 Å². The number of likely N-dealkylation sites (N-methyl/N-ethyl adjacent to an activating group) is 1. The molecule has 0 unspecified atom stereocenters. The van der Waals surface area contributed by atoms with Crippen LogP contribution in [-0.4, -0.2) is 55.9 Å². The molecule has 1 fully saturated rings. The van der Waals surface area contributed by atoms with Crippen molar-refractivity contribution < 1.29 is 27.2 Å². The van der Waals surface area contributed by atoms with E-state index >= 15 is 0 Å². The number of carbonyl (C=O) groups is 2. The van der Waals surface area contributed by atoms with Crippen molar-refractivity contribution in [2.45, 2.75) is 25.5 Å². The Morgan fingerprint density at radius 3 is 2.73 bits per heavy atom. The summed E-state index contributed by atoms with van der Waals surface area (Å²) < 4.78 is 33.7. The van der Waals surface area contributed by atoms with Crippen molar-refractivity contribution in [1.29, 1.82) is 0 Å². The summed E-state index contributed by atoms with van der Waals surface area (Å²) >= 11 is 5.90. The number of carbonyl (C=O) groups excluding carboxylic acids is 2. The fraction of sp³-hybridized carbons (Fsp3) is 0.412. The van der Waals surface area contributed by atoms with Crippen LogP contribution in [0, 0.1) is 0 Å². The number of benzene rings is 1. The molecule has 9 heteroatoms. The van der Waals surface area contributed by atoms with Gasteiger partial charge in [-0.1, -0.05) is 11.6 Å².